The van der Waals surface area contributed by atoms with Gasteiger partial charge in [-0.1, -0.05) is 208 Å². The highest BCUT2D eigenvalue weighted by molar-refractivity contribution is 6.75. The zero-order valence-corrected chi connectivity index (χ0v) is 74.0. The Kier molecular flexibility index (Phi) is 38.0. The van der Waals surface area contributed by atoms with Crippen LogP contribution in [0.2, 0.25) is 72.5 Å². The molecule has 4 aliphatic heterocycles. The third-order valence-electron chi connectivity index (χ3n) is 23.9. The number of allylic oxidation sites excluding steroid dienone is 6. The molecule has 0 amide bonds. The van der Waals surface area contributed by atoms with Crippen LogP contribution < -0.4 is 0 Å². The van der Waals surface area contributed by atoms with Gasteiger partial charge in [0.1, 0.15) is 30.0 Å². The Hall–Kier alpha value is -2.64. The molecule has 4 rings (SSSR count). The summed E-state index contributed by atoms with van der Waals surface area (Å²) in [5, 5.41) is 33.8. The average Bonchev–Trinajstić information content (AvgIpc) is 1.70. The lowest BCUT2D eigenvalue weighted by Gasteiger charge is -2.40. The molecule has 15 nitrogen and oxygen atoms in total. The number of hydrogen-bond donors (Lipinski definition) is 3. The van der Waals surface area contributed by atoms with Crippen molar-refractivity contribution >= 4 is 51.2 Å². The summed E-state index contributed by atoms with van der Waals surface area (Å²) in [5.74, 6) is -0.273. The molecule has 2 saturated heterocycles. The first-order valence-electron chi connectivity index (χ1n) is 38.6. The SMILES string of the molecule is C.C.CC[C@H](O[Si](C)(C)C(C)(C)C)[C@@H](C)[C@H]1O[C@@H]1C[C@H](C)/C=C/C=C(\C)[C@H]1OC(=O)C[C@H](O[Si](C)(C)C(C)(C)C)CC[C@@](C)(O)[C@@H](O)/C=C/[C@@H]1C.CC[C@H](O[Si](C)(C)C(C)(C)C)[C@@H](C)[C@H]1O[C@@H]1C[C@H](C)/C=C/C=C(\C)[C@H]1OC(=O)C[C@H](O[Si](C)(C)C(C)(C)C)CC[C@@](C)(O)[C@@H](OC(C)=O)/C=C/[C@@H]1C. The van der Waals surface area contributed by atoms with Gasteiger partial charge >= 0.3 is 17.9 Å². The number of carbonyl (C=O) groups is 3. The lowest BCUT2D eigenvalue weighted by molar-refractivity contribution is -0.157. The lowest BCUT2D eigenvalue weighted by atomic mass is 9.88. The molecule has 0 unspecified atom stereocenters. The summed E-state index contributed by atoms with van der Waals surface area (Å²) < 4.78 is 57.4. The van der Waals surface area contributed by atoms with Gasteiger partial charge < -0.3 is 56.7 Å². The van der Waals surface area contributed by atoms with E-state index in [4.69, 9.17) is 41.4 Å². The van der Waals surface area contributed by atoms with E-state index in [1.54, 1.807) is 26.0 Å². The molecular weight excluding hydrogens is 1360 g/mol. The second kappa shape index (κ2) is 39.8. The summed E-state index contributed by atoms with van der Waals surface area (Å²) >= 11 is 0. The molecule has 0 aromatic carbocycles. The normalized spacial score (nSPS) is 31.2. The van der Waals surface area contributed by atoms with Crippen LogP contribution in [-0.4, -0.2) is 151 Å². The molecule has 4 heterocycles. The summed E-state index contributed by atoms with van der Waals surface area (Å²) in [4.78, 5) is 39.1. The van der Waals surface area contributed by atoms with E-state index in [1.807, 2.05) is 58.1 Å². The van der Waals surface area contributed by atoms with E-state index in [-0.39, 0.29) is 115 Å². The number of cyclic esters (lactones) is 2. The lowest BCUT2D eigenvalue weighted by Crippen LogP contribution is -2.46. The van der Waals surface area contributed by atoms with Crippen molar-refractivity contribution < 1.29 is 71.1 Å². The third kappa shape index (κ3) is 30.6. The summed E-state index contributed by atoms with van der Waals surface area (Å²) in [6.07, 6.45) is 22.6. The van der Waals surface area contributed by atoms with Crippen LogP contribution in [0, 0.1) is 35.5 Å². The summed E-state index contributed by atoms with van der Waals surface area (Å²) in [6.45, 7) is 70.6. The fourth-order valence-corrected chi connectivity index (χ4v) is 18.2. The van der Waals surface area contributed by atoms with Crippen LogP contribution in [0.1, 0.15) is 252 Å². The summed E-state index contributed by atoms with van der Waals surface area (Å²) in [6, 6.07) is 0. The highest BCUT2D eigenvalue weighted by Crippen LogP contribution is 2.46. The molecule has 103 heavy (non-hydrogen) atoms. The molecule has 19 heteroatoms. The number of aliphatic hydroxyl groups is 3. The van der Waals surface area contributed by atoms with E-state index in [0.717, 1.165) is 36.8 Å². The fraction of sp³-hybridized carbons (Fsp3) is 0.821. The number of ether oxygens (including phenoxy) is 5. The van der Waals surface area contributed by atoms with Gasteiger partial charge in [-0.05, 0) is 181 Å². The van der Waals surface area contributed by atoms with E-state index in [1.165, 1.54) is 6.92 Å². The van der Waals surface area contributed by atoms with Crippen molar-refractivity contribution in [2.75, 3.05) is 0 Å². The maximum atomic E-state index is 13.6. The van der Waals surface area contributed by atoms with Crippen LogP contribution in [0.3, 0.4) is 0 Å². The van der Waals surface area contributed by atoms with E-state index >= 15 is 0 Å². The molecule has 20 atom stereocenters. The van der Waals surface area contributed by atoms with Crippen molar-refractivity contribution in [2.24, 2.45) is 35.5 Å². The number of esters is 3. The van der Waals surface area contributed by atoms with Crippen molar-refractivity contribution in [3.05, 3.63) is 71.9 Å². The fourth-order valence-electron chi connectivity index (χ4n) is 12.4. The van der Waals surface area contributed by atoms with Gasteiger partial charge in [0.15, 0.2) is 33.3 Å². The number of epoxide rings is 2. The molecule has 0 aromatic rings. The van der Waals surface area contributed by atoms with E-state index in [9.17, 15) is 29.7 Å². The second-order valence-corrected chi connectivity index (χ2v) is 56.7. The largest absolute Gasteiger partial charge is 0.457 e. The molecule has 0 radical (unpaired) electrons. The monoisotopic (exact) mass is 1520 g/mol. The van der Waals surface area contributed by atoms with Crippen LogP contribution in [0.25, 0.3) is 0 Å². The van der Waals surface area contributed by atoms with Gasteiger partial charge in [0.25, 0.3) is 0 Å². The predicted molar refractivity (Wildman–Crippen MR) is 438 cm³/mol. The molecule has 2 fully saturated rings. The van der Waals surface area contributed by atoms with Crippen molar-refractivity contribution in [3.8, 4) is 0 Å². The standard InChI is InChI=1S/C42H76O8Si2.C40H74O7Si2.2CH4/c1-18-34(50-52(16,17)41(10,11)12)31(5)39-35(47-39)26-28(2)20-19-21-29(3)38-30(4)22-23-36(46-32(6)43)42(13,45)25-24-33(27-37(44)48-38)49-51(14,15)40(7,8)9;1-17-32(47-49(15,16)39(9,10)11)30(5)37-33(44-37)25-27(2)19-18-20-28(3)36-29(4)21-22-34(41)40(12,43)24-23-31(26-35(42)45-36)46-48(13,14)38(6,7)8;;/h19-23,28,30-31,33-36,38-39,45H,18,24-27H2,1-17H3;18-22,27,29-34,36-37,41,43H,17,23-26H2,1-16H3;2*1H4/b20-19+,23-22+,29-21+;19-18+,22-21+,28-20+;;/t28-,30+,31-,33-,34+,35-,36+,38-,39-,42-;27-,29+,30-,31-,32+,33-,34+,36-,37-,40-;;/m11../s1. The minimum Gasteiger partial charge on any atom is -0.457 e. The Morgan fingerprint density at radius 2 is 0.893 bits per heavy atom. The number of aliphatic hydroxyl groups excluding tert-OH is 1. The Morgan fingerprint density at radius 1 is 0.563 bits per heavy atom. The Morgan fingerprint density at radius 3 is 1.21 bits per heavy atom. The van der Waals surface area contributed by atoms with Gasteiger partial charge in [0.05, 0.1) is 55.1 Å². The Bertz CT molecular complexity index is 2810. The number of carbonyl (C=O) groups excluding carboxylic acids is 3. The molecule has 0 bridgehead atoms. The highest BCUT2D eigenvalue weighted by atomic mass is 28.4. The zero-order chi connectivity index (χ0) is 77.8. The maximum absolute atomic E-state index is 13.6. The van der Waals surface area contributed by atoms with Gasteiger partial charge in [-0.2, -0.15) is 0 Å². The second-order valence-electron chi connectivity index (χ2n) is 37.6. The Balaban J connectivity index is 0.00000101. The van der Waals surface area contributed by atoms with E-state index in [2.05, 4.69) is 195 Å². The molecule has 4 aliphatic rings. The molecule has 0 spiro atoms. The number of hydrogen-bond acceptors (Lipinski definition) is 15. The third-order valence-corrected chi connectivity index (χ3v) is 42.0. The summed E-state index contributed by atoms with van der Waals surface area (Å²) in [7, 11) is -8.18. The van der Waals surface area contributed by atoms with Crippen molar-refractivity contribution in [1.82, 2.24) is 0 Å². The van der Waals surface area contributed by atoms with E-state index < -0.39 is 87.1 Å². The predicted octanol–water partition coefficient (Wildman–Crippen LogP) is 20.9. The molecule has 0 aliphatic carbocycles. The van der Waals surface area contributed by atoms with Crippen LogP contribution >= 0.6 is 0 Å². The van der Waals surface area contributed by atoms with Crippen molar-refractivity contribution in [2.45, 2.75) is 409 Å². The maximum Gasteiger partial charge on any atom is 0.308 e. The molecular formula is C84H158O15Si4. The smallest absolute Gasteiger partial charge is 0.308 e. The first kappa shape index (κ1) is 98.4. The quantitative estimate of drug-likeness (QED) is 0.0194. The van der Waals surface area contributed by atoms with Crippen LogP contribution in [0.4, 0.5) is 0 Å². The van der Waals surface area contributed by atoms with E-state index in [0.29, 0.717) is 42.9 Å². The van der Waals surface area contributed by atoms with Gasteiger partial charge in [-0.25, -0.2) is 0 Å². The van der Waals surface area contributed by atoms with Gasteiger partial charge in [-0.15, -0.1) is 0 Å². The Labute approximate surface area is 635 Å². The molecule has 600 valence electrons. The van der Waals surface area contributed by atoms with Gasteiger partial charge in [0, 0.05) is 42.8 Å². The van der Waals surface area contributed by atoms with Gasteiger partial charge in [0.2, 0.25) is 0 Å². The highest BCUT2D eigenvalue weighted by Gasteiger charge is 2.51. The van der Waals surface area contributed by atoms with Crippen LogP contribution in [-0.2, 0) is 55.8 Å². The zero-order valence-electron chi connectivity index (χ0n) is 70.0. The first-order valence-corrected chi connectivity index (χ1v) is 50.2. The minimum atomic E-state index is -2.25. The van der Waals surface area contributed by atoms with Crippen molar-refractivity contribution in [3.63, 3.8) is 0 Å². The average molecular weight is 1520 g/mol. The minimum absolute atomic E-state index is 0. The first-order chi connectivity index (χ1) is 45.8. The van der Waals surface area contributed by atoms with Crippen LogP contribution in [0.5, 0.6) is 0 Å². The molecule has 0 aromatic heterocycles. The molecule has 3 N–H and O–H groups in total. The van der Waals surface area contributed by atoms with Gasteiger partial charge in [-0.3, -0.25) is 14.4 Å². The van der Waals surface area contributed by atoms with Crippen LogP contribution in [0.15, 0.2) is 71.9 Å². The number of rotatable bonds is 25. The topological polar surface area (TPSA) is 202 Å². The summed E-state index contributed by atoms with van der Waals surface area (Å²) in [5.41, 5.74) is -0.884. The van der Waals surface area contributed by atoms with Crippen molar-refractivity contribution in [1.29, 1.82) is 0 Å². The molecule has 0 saturated carbocycles.